The Bertz CT molecular complexity index is 470. The van der Waals surface area contributed by atoms with Crippen molar-refractivity contribution in [2.24, 2.45) is 0 Å². The minimum atomic E-state index is -5.84. The van der Waals surface area contributed by atoms with Gasteiger partial charge >= 0.3 is 15.6 Å². The molecule has 6 nitrogen and oxygen atoms in total. The maximum Gasteiger partial charge on any atom is 0.522 e. The molecule has 0 saturated heterocycles. The van der Waals surface area contributed by atoms with E-state index in [1.165, 1.54) is 12.1 Å². The van der Waals surface area contributed by atoms with Crippen LogP contribution < -0.4 is 0 Å². The molecule has 0 atom stereocenters. The van der Waals surface area contributed by atoms with Crippen molar-refractivity contribution in [2.45, 2.75) is 5.51 Å². The van der Waals surface area contributed by atoms with E-state index in [1.807, 2.05) is 0 Å². The standard InChI is InChI=1S/C6H5NO2.CHF3O3S/c8-7(9)6-4-2-1-3-5-6;2-1(3,4)8(5,6)7/h1-5H;(H,5,6,7). The third-order valence-corrected chi connectivity index (χ3v) is 1.84. The summed E-state index contributed by atoms with van der Waals surface area (Å²) in [6.45, 7) is 0. The van der Waals surface area contributed by atoms with Crippen LogP contribution in [0, 0.1) is 10.1 Å². The average Bonchev–Trinajstić information content (AvgIpc) is 2.17. The summed E-state index contributed by atoms with van der Waals surface area (Å²) in [4.78, 5) is 9.59. The summed E-state index contributed by atoms with van der Waals surface area (Å²) in [6, 6.07) is 7.93. The van der Waals surface area contributed by atoms with Crippen molar-refractivity contribution in [3.05, 3.63) is 40.4 Å². The van der Waals surface area contributed by atoms with Crippen molar-refractivity contribution in [3.8, 4) is 0 Å². The summed E-state index contributed by atoms with van der Waals surface area (Å²) in [5.74, 6) is 0. The molecule has 0 saturated carbocycles. The van der Waals surface area contributed by atoms with Crippen LogP contribution in [-0.4, -0.2) is 23.4 Å². The third-order valence-electron chi connectivity index (χ3n) is 1.26. The summed E-state index contributed by atoms with van der Waals surface area (Å²) in [5.41, 5.74) is -5.40. The molecule has 1 rings (SSSR count). The topological polar surface area (TPSA) is 97.5 Å². The minimum absolute atomic E-state index is 0.137. The van der Waals surface area contributed by atoms with Crippen LogP contribution in [-0.2, 0) is 10.1 Å². The molecular weight excluding hydrogens is 267 g/mol. The van der Waals surface area contributed by atoms with Crippen molar-refractivity contribution in [3.63, 3.8) is 0 Å². The molecule has 0 aliphatic rings. The summed E-state index contributed by atoms with van der Waals surface area (Å²) in [5, 5.41) is 10.0. The van der Waals surface area contributed by atoms with Gasteiger partial charge in [0, 0.05) is 12.1 Å². The van der Waals surface area contributed by atoms with Crippen LogP contribution >= 0.6 is 0 Å². The van der Waals surface area contributed by atoms with Gasteiger partial charge in [-0.15, -0.1) is 0 Å². The summed E-state index contributed by atoms with van der Waals surface area (Å²) < 4.78 is 57.5. The lowest BCUT2D eigenvalue weighted by Crippen LogP contribution is -2.21. The Morgan fingerprint density at radius 1 is 1.18 bits per heavy atom. The molecule has 0 fully saturated rings. The van der Waals surface area contributed by atoms with E-state index in [0.717, 1.165) is 0 Å². The number of hydrogen-bond acceptors (Lipinski definition) is 4. The van der Waals surface area contributed by atoms with Crippen LogP contribution in [0.15, 0.2) is 30.3 Å². The molecule has 1 N–H and O–H groups in total. The fourth-order valence-corrected chi connectivity index (χ4v) is 0.550. The number of benzene rings is 1. The summed E-state index contributed by atoms with van der Waals surface area (Å²) >= 11 is 0. The van der Waals surface area contributed by atoms with E-state index in [2.05, 4.69) is 0 Å². The van der Waals surface area contributed by atoms with Crippen molar-refractivity contribution in [1.82, 2.24) is 0 Å². The Kier molecular flexibility index (Phi) is 5.04. The molecule has 0 amide bonds. The van der Waals surface area contributed by atoms with Crippen molar-refractivity contribution in [1.29, 1.82) is 0 Å². The van der Waals surface area contributed by atoms with E-state index in [1.54, 1.807) is 18.2 Å². The predicted molar refractivity (Wildman–Crippen MR) is 50.7 cm³/mol. The Morgan fingerprint density at radius 3 is 1.71 bits per heavy atom. The number of alkyl halides is 3. The van der Waals surface area contributed by atoms with Crippen LogP contribution in [0.3, 0.4) is 0 Å². The number of nitro benzene ring substituents is 1. The van der Waals surface area contributed by atoms with Gasteiger partial charge in [0.2, 0.25) is 0 Å². The normalized spacial score (nSPS) is 11.3. The van der Waals surface area contributed by atoms with E-state index >= 15 is 0 Å². The molecule has 17 heavy (non-hydrogen) atoms. The number of nitro groups is 1. The molecule has 96 valence electrons. The van der Waals surface area contributed by atoms with E-state index in [0.29, 0.717) is 0 Å². The molecule has 0 aromatic heterocycles. The second kappa shape index (κ2) is 5.59. The van der Waals surface area contributed by atoms with Crippen LogP contribution in [0.2, 0.25) is 0 Å². The summed E-state index contributed by atoms with van der Waals surface area (Å²) in [7, 11) is -5.84. The van der Waals surface area contributed by atoms with Gasteiger partial charge in [-0.2, -0.15) is 21.6 Å². The quantitative estimate of drug-likeness (QED) is 0.365. The SMILES string of the molecule is O=S(=O)(O)C(F)(F)F.O=[N+]([O-])c1ccccc1. The van der Waals surface area contributed by atoms with E-state index in [9.17, 15) is 23.3 Å². The highest BCUT2D eigenvalue weighted by Gasteiger charge is 2.44. The van der Waals surface area contributed by atoms with E-state index in [-0.39, 0.29) is 5.69 Å². The zero-order valence-electron chi connectivity index (χ0n) is 7.96. The van der Waals surface area contributed by atoms with Crippen molar-refractivity contribution < 1.29 is 31.1 Å². The number of hydrogen-bond donors (Lipinski definition) is 1. The largest absolute Gasteiger partial charge is 0.522 e. The molecule has 1 aromatic rings. The van der Waals surface area contributed by atoms with E-state index < -0.39 is 20.5 Å². The van der Waals surface area contributed by atoms with Crippen molar-refractivity contribution in [2.75, 3.05) is 0 Å². The lowest BCUT2D eigenvalue weighted by Gasteiger charge is -1.97. The Morgan fingerprint density at radius 2 is 1.53 bits per heavy atom. The molecule has 0 heterocycles. The molecule has 0 bridgehead atoms. The van der Waals surface area contributed by atoms with Crippen LogP contribution in [0.1, 0.15) is 0 Å². The van der Waals surface area contributed by atoms with Gasteiger partial charge in [0.25, 0.3) is 5.69 Å². The van der Waals surface area contributed by atoms with Crippen LogP contribution in [0.5, 0.6) is 0 Å². The van der Waals surface area contributed by atoms with Crippen molar-refractivity contribution >= 4 is 15.8 Å². The molecule has 0 spiro atoms. The zero-order chi connectivity index (χ0) is 13.7. The Balaban J connectivity index is 0.000000304. The molecule has 0 aliphatic heterocycles. The summed E-state index contributed by atoms with van der Waals surface area (Å²) in [6.07, 6.45) is 0. The lowest BCUT2D eigenvalue weighted by atomic mass is 10.3. The number of rotatable bonds is 1. The van der Waals surface area contributed by atoms with Gasteiger partial charge in [0.15, 0.2) is 0 Å². The second-order valence-electron chi connectivity index (χ2n) is 2.51. The maximum atomic E-state index is 10.7. The van der Waals surface area contributed by atoms with Gasteiger partial charge in [-0.05, 0) is 0 Å². The number of halogens is 3. The van der Waals surface area contributed by atoms with Gasteiger partial charge in [0.1, 0.15) is 0 Å². The lowest BCUT2D eigenvalue weighted by molar-refractivity contribution is -0.384. The fraction of sp³-hybridized carbons (Fsp3) is 0.143. The molecule has 10 heteroatoms. The molecule has 1 aromatic carbocycles. The average molecular weight is 273 g/mol. The number of para-hydroxylation sites is 1. The van der Waals surface area contributed by atoms with Gasteiger partial charge in [-0.1, -0.05) is 18.2 Å². The zero-order valence-corrected chi connectivity index (χ0v) is 8.77. The second-order valence-corrected chi connectivity index (χ2v) is 3.93. The Labute approximate surface area is 93.6 Å². The first-order valence-corrected chi connectivity index (χ1v) is 5.23. The third kappa shape index (κ3) is 5.82. The fourth-order valence-electron chi connectivity index (χ4n) is 0.550. The first kappa shape index (κ1) is 15.3. The van der Waals surface area contributed by atoms with E-state index in [4.69, 9.17) is 13.0 Å². The van der Waals surface area contributed by atoms with Gasteiger partial charge in [-0.3, -0.25) is 14.7 Å². The molecule has 0 radical (unpaired) electrons. The highest BCUT2D eigenvalue weighted by Crippen LogP contribution is 2.20. The van der Waals surface area contributed by atoms with Crippen LogP contribution in [0.4, 0.5) is 18.9 Å². The van der Waals surface area contributed by atoms with Gasteiger partial charge in [0.05, 0.1) is 4.92 Å². The maximum absolute atomic E-state index is 10.7. The Hall–Kier alpha value is -1.68. The first-order chi connectivity index (χ1) is 7.55. The number of non-ortho nitro benzene ring substituents is 1. The minimum Gasteiger partial charge on any atom is -0.279 e. The van der Waals surface area contributed by atoms with Gasteiger partial charge in [-0.25, -0.2) is 0 Å². The first-order valence-electron chi connectivity index (χ1n) is 3.79. The van der Waals surface area contributed by atoms with Crippen LogP contribution in [0.25, 0.3) is 0 Å². The highest BCUT2D eigenvalue weighted by molar-refractivity contribution is 7.86. The molecule has 0 aliphatic carbocycles. The smallest absolute Gasteiger partial charge is 0.279 e. The number of nitrogens with zero attached hydrogens (tertiary/aromatic N) is 1. The highest BCUT2D eigenvalue weighted by atomic mass is 32.2. The monoisotopic (exact) mass is 273 g/mol. The van der Waals surface area contributed by atoms with Gasteiger partial charge < -0.3 is 0 Å². The molecule has 0 unspecified atom stereocenters. The molecular formula is C7H6F3NO5S. The predicted octanol–water partition coefficient (Wildman–Crippen LogP) is 1.99.